The average Bonchev–Trinajstić information content (AvgIpc) is 3.22. The van der Waals surface area contributed by atoms with E-state index in [2.05, 4.69) is 33.8 Å². The first-order chi connectivity index (χ1) is 16.3. The van der Waals surface area contributed by atoms with Gasteiger partial charge in [0.05, 0.1) is 11.1 Å². The Morgan fingerprint density at radius 1 is 1.03 bits per heavy atom. The predicted octanol–water partition coefficient (Wildman–Crippen LogP) is 7.71. The zero-order chi connectivity index (χ0) is 24.7. The molecule has 3 rings (SSSR count). The molecule has 2 N–H and O–H groups in total. The fraction of sp³-hybridized carbons (Fsp3) is 0.367. The molecule has 0 saturated carbocycles. The first-order valence-corrected chi connectivity index (χ1v) is 12.3. The van der Waals surface area contributed by atoms with Crippen LogP contribution >= 0.6 is 0 Å². The number of hydrogen-bond acceptors (Lipinski definition) is 3. The van der Waals surface area contributed by atoms with Crippen molar-refractivity contribution in [3.63, 3.8) is 0 Å². The van der Waals surface area contributed by atoms with E-state index in [0.29, 0.717) is 29.5 Å². The molecule has 0 bridgehead atoms. The van der Waals surface area contributed by atoms with Gasteiger partial charge in [-0.1, -0.05) is 61.3 Å². The van der Waals surface area contributed by atoms with Crippen LogP contribution in [0, 0.1) is 0 Å². The Balaban J connectivity index is 2.00. The second-order valence-electron chi connectivity index (χ2n) is 9.34. The number of nitrogens with zero attached hydrogens (tertiary/aromatic N) is 1. The highest BCUT2D eigenvalue weighted by Crippen LogP contribution is 2.36. The van der Waals surface area contributed by atoms with Gasteiger partial charge in [-0.25, -0.2) is 0 Å². The predicted molar refractivity (Wildman–Crippen MR) is 141 cm³/mol. The van der Waals surface area contributed by atoms with Gasteiger partial charge in [0, 0.05) is 17.1 Å². The molecule has 34 heavy (non-hydrogen) atoms. The van der Waals surface area contributed by atoms with Crippen molar-refractivity contribution in [3.8, 4) is 11.5 Å². The van der Waals surface area contributed by atoms with E-state index in [4.69, 9.17) is 0 Å². The highest BCUT2D eigenvalue weighted by Gasteiger charge is 2.24. The number of aryl methyl sites for hydroxylation is 1. The molecule has 0 aliphatic heterocycles. The summed E-state index contributed by atoms with van der Waals surface area (Å²) in [5.74, 6) is -0.329. The molecule has 0 fully saturated rings. The second kappa shape index (κ2) is 11.7. The summed E-state index contributed by atoms with van der Waals surface area (Å²) in [5.41, 5.74) is 4.67. The zero-order valence-electron chi connectivity index (χ0n) is 20.9. The minimum atomic E-state index is -0.268. The van der Waals surface area contributed by atoms with E-state index in [9.17, 15) is 15.0 Å². The Labute approximate surface area is 203 Å². The number of fused-ring (bicyclic) bond motifs is 1. The van der Waals surface area contributed by atoms with Gasteiger partial charge >= 0.3 is 0 Å². The van der Waals surface area contributed by atoms with Gasteiger partial charge in [0.15, 0.2) is 0 Å². The van der Waals surface area contributed by atoms with E-state index in [-0.39, 0.29) is 17.4 Å². The number of para-hydroxylation sites is 1. The van der Waals surface area contributed by atoms with Crippen LogP contribution < -0.4 is 0 Å². The van der Waals surface area contributed by atoms with Crippen LogP contribution in [0.3, 0.4) is 0 Å². The molecule has 4 heteroatoms. The largest absolute Gasteiger partial charge is 0.508 e. The SMILES string of the molecule is CCCCCc1cc(O)c(C/C=C(\C)CCC=C(C)C)c(O)c1C(=O)n1ccc2ccccc21. The lowest BCUT2D eigenvalue weighted by atomic mass is 9.94. The van der Waals surface area contributed by atoms with Gasteiger partial charge in [0.25, 0.3) is 5.91 Å². The lowest BCUT2D eigenvalue weighted by Gasteiger charge is -2.16. The molecule has 1 aromatic heterocycles. The van der Waals surface area contributed by atoms with Crippen molar-refractivity contribution in [2.24, 2.45) is 0 Å². The second-order valence-corrected chi connectivity index (χ2v) is 9.34. The summed E-state index contributed by atoms with van der Waals surface area (Å²) in [6.07, 6.45) is 11.8. The van der Waals surface area contributed by atoms with E-state index >= 15 is 0 Å². The Kier molecular flexibility index (Phi) is 8.75. The maximum Gasteiger partial charge on any atom is 0.266 e. The Morgan fingerprint density at radius 2 is 1.79 bits per heavy atom. The first kappa shape index (κ1) is 25.4. The van der Waals surface area contributed by atoms with E-state index < -0.39 is 0 Å². The molecule has 0 saturated heterocycles. The standard InChI is InChI=1S/C30H37NO3/c1-5-6-7-14-24-20-27(32)25(17-16-22(4)12-10-11-21(2)3)29(33)28(24)30(34)31-19-18-23-13-8-9-15-26(23)31/h8-9,11,13,15-16,18-20,32-33H,5-7,10,12,14,17H2,1-4H3/b22-16+. The normalized spacial score (nSPS) is 11.7. The van der Waals surface area contributed by atoms with Crippen molar-refractivity contribution in [3.05, 3.63) is 82.6 Å². The maximum atomic E-state index is 13.7. The van der Waals surface area contributed by atoms with Crippen LogP contribution in [0.15, 0.2) is 65.9 Å². The number of allylic oxidation sites excluding steroid dienone is 4. The summed E-state index contributed by atoms with van der Waals surface area (Å²) in [7, 11) is 0. The molecule has 0 aliphatic carbocycles. The number of phenols is 2. The summed E-state index contributed by atoms with van der Waals surface area (Å²) >= 11 is 0. The van der Waals surface area contributed by atoms with E-state index in [1.165, 1.54) is 11.1 Å². The number of aromatic hydroxyl groups is 2. The number of carbonyl (C=O) groups is 1. The Morgan fingerprint density at radius 3 is 2.53 bits per heavy atom. The fourth-order valence-corrected chi connectivity index (χ4v) is 4.30. The quantitative estimate of drug-likeness (QED) is 0.241. The van der Waals surface area contributed by atoms with Crippen LogP contribution in [-0.2, 0) is 12.8 Å². The van der Waals surface area contributed by atoms with Crippen molar-refractivity contribution >= 4 is 16.8 Å². The summed E-state index contributed by atoms with van der Waals surface area (Å²) in [6, 6.07) is 11.3. The van der Waals surface area contributed by atoms with Crippen LogP contribution in [0.25, 0.3) is 10.9 Å². The van der Waals surface area contributed by atoms with Crippen molar-refractivity contribution in [2.75, 3.05) is 0 Å². The van der Waals surface area contributed by atoms with Crippen molar-refractivity contribution in [1.29, 1.82) is 0 Å². The van der Waals surface area contributed by atoms with Gasteiger partial charge in [-0.05, 0) is 76.6 Å². The summed E-state index contributed by atoms with van der Waals surface area (Å²) in [4.78, 5) is 13.7. The van der Waals surface area contributed by atoms with Gasteiger partial charge in [0.1, 0.15) is 11.5 Å². The van der Waals surface area contributed by atoms with Gasteiger partial charge < -0.3 is 10.2 Å². The van der Waals surface area contributed by atoms with Gasteiger partial charge in [-0.15, -0.1) is 0 Å². The lowest BCUT2D eigenvalue weighted by molar-refractivity contribution is 0.0961. The Hall–Kier alpha value is -3.27. The minimum absolute atomic E-state index is 0.0475. The van der Waals surface area contributed by atoms with Crippen LogP contribution in [0.4, 0.5) is 0 Å². The number of phenolic OH excluding ortho intramolecular Hbond substituents is 2. The molecule has 4 nitrogen and oxygen atoms in total. The van der Waals surface area contributed by atoms with Gasteiger partial charge in [-0.3, -0.25) is 9.36 Å². The number of aromatic nitrogens is 1. The third-order valence-electron chi connectivity index (χ3n) is 6.29. The molecule has 1 heterocycles. The number of benzene rings is 2. The van der Waals surface area contributed by atoms with Crippen LogP contribution in [0.2, 0.25) is 0 Å². The van der Waals surface area contributed by atoms with Gasteiger partial charge in [0.2, 0.25) is 0 Å². The molecule has 0 spiro atoms. The fourth-order valence-electron chi connectivity index (χ4n) is 4.30. The van der Waals surface area contributed by atoms with E-state index in [1.807, 2.05) is 36.4 Å². The molecule has 0 aliphatic rings. The number of rotatable bonds is 10. The number of carbonyl (C=O) groups excluding carboxylic acids is 1. The smallest absolute Gasteiger partial charge is 0.266 e. The lowest BCUT2D eigenvalue weighted by Crippen LogP contribution is -2.14. The highest BCUT2D eigenvalue weighted by molar-refractivity contribution is 6.05. The van der Waals surface area contributed by atoms with E-state index in [0.717, 1.165) is 43.0 Å². The molecule has 180 valence electrons. The van der Waals surface area contributed by atoms with Crippen LogP contribution in [-0.4, -0.2) is 20.7 Å². The summed E-state index contributed by atoms with van der Waals surface area (Å²) < 4.78 is 1.59. The monoisotopic (exact) mass is 459 g/mol. The van der Waals surface area contributed by atoms with Crippen molar-refractivity contribution in [1.82, 2.24) is 4.57 Å². The highest BCUT2D eigenvalue weighted by atomic mass is 16.3. The molecular weight excluding hydrogens is 422 g/mol. The molecule has 2 aromatic carbocycles. The summed E-state index contributed by atoms with van der Waals surface area (Å²) in [6.45, 7) is 8.36. The summed E-state index contributed by atoms with van der Waals surface area (Å²) in [5, 5.41) is 23.0. The molecular formula is C30H37NO3. The number of hydrogen-bond donors (Lipinski definition) is 2. The van der Waals surface area contributed by atoms with Crippen LogP contribution in [0.1, 0.15) is 81.3 Å². The molecule has 0 radical (unpaired) electrons. The zero-order valence-corrected chi connectivity index (χ0v) is 20.9. The Bertz CT molecular complexity index is 1210. The number of unbranched alkanes of at least 4 members (excludes halogenated alkanes) is 2. The molecule has 3 aromatic rings. The first-order valence-electron chi connectivity index (χ1n) is 12.3. The van der Waals surface area contributed by atoms with Crippen molar-refractivity contribution < 1.29 is 15.0 Å². The van der Waals surface area contributed by atoms with Gasteiger partial charge in [-0.2, -0.15) is 0 Å². The van der Waals surface area contributed by atoms with Crippen LogP contribution in [0.5, 0.6) is 11.5 Å². The third kappa shape index (κ3) is 5.99. The van der Waals surface area contributed by atoms with E-state index in [1.54, 1.807) is 16.8 Å². The molecule has 0 unspecified atom stereocenters. The maximum absolute atomic E-state index is 13.7. The average molecular weight is 460 g/mol. The van der Waals surface area contributed by atoms with Crippen molar-refractivity contribution in [2.45, 2.75) is 72.6 Å². The minimum Gasteiger partial charge on any atom is -0.508 e. The molecule has 0 amide bonds. The molecule has 0 atom stereocenters. The third-order valence-corrected chi connectivity index (χ3v) is 6.29. The topological polar surface area (TPSA) is 62.5 Å².